The lowest BCUT2D eigenvalue weighted by molar-refractivity contribution is -0.137. The zero-order valence-electron chi connectivity index (χ0n) is 40.4. The zero-order valence-corrected chi connectivity index (χ0v) is 44.6. The number of aromatic nitrogens is 2. The molecule has 0 aliphatic carbocycles. The fourth-order valence-corrected chi connectivity index (χ4v) is 14.3. The van der Waals surface area contributed by atoms with E-state index in [0.29, 0.717) is 84.2 Å². The molecule has 0 radical (unpaired) electrons. The SMILES string of the molecule is CCOP(=O)(CCOc1cc2c(cc1CO)C(=O)N1CCC[C@H]1CN2C(=O)CCCSSc1ccccn1)CCOc1cc2c(cc1OC)C(=O)N1CCC[C@H]1C=N2.O=C(O)CCCSSc1ccccn1. The van der Waals surface area contributed by atoms with Gasteiger partial charge in [-0.15, -0.1) is 0 Å². The van der Waals surface area contributed by atoms with E-state index < -0.39 is 19.9 Å². The van der Waals surface area contributed by atoms with Gasteiger partial charge in [0.25, 0.3) is 11.8 Å². The quantitative estimate of drug-likeness (QED) is 0.0380. The molecule has 2 N–H and O–H groups in total. The standard InChI is InChI=1S/C41H50N5O9PS2.C9H11NO2S2/c1-3-55-56(51,19-17-54-37-23-33-31(22-36(37)52-2)40(49)44-14-6-9-29(44)25-43-33)18-16-53-35-24-34-32(21-28(35)27-47)41(50)45-15-7-10-30(45)26-46(34)39(48)12-8-20-57-58-38-11-4-5-13-42-38;11-9(12)5-3-7-13-14-8-4-1-2-6-10-8/h4-5,11,13,21-25,29-30,47H,3,6-10,12,14-20,26-27H2,1-2H3;1-2,4,6H,3,5,7H2,(H,11,12)/t29-,30-,56?;/m0./s1. The van der Waals surface area contributed by atoms with Gasteiger partial charge in [-0.2, -0.15) is 0 Å². The molecule has 22 heteroatoms. The molecule has 17 nitrogen and oxygen atoms in total. The number of hydrogen-bond acceptors (Lipinski definition) is 17. The third-order valence-corrected chi connectivity index (χ3v) is 19.4. The number of carbonyl (C=O) groups excluding carboxylic acids is 3. The first-order valence-corrected chi connectivity index (χ1v) is 30.7. The van der Waals surface area contributed by atoms with E-state index in [-0.39, 0.29) is 68.4 Å². The van der Waals surface area contributed by atoms with Crippen molar-refractivity contribution in [3.8, 4) is 17.2 Å². The number of aliphatic hydroxyl groups excluding tert-OH is 1. The molecular weight excluding hydrogens is 1020 g/mol. The van der Waals surface area contributed by atoms with Crippen molar-refractivity contribution < 1.29 is 52.7 Å². The fraction of sp³-hybridized carbons (Fsp3) is 0.460. The molecule has 2 saturated heterocycles. The maximum absolute atomic E-state index is 14.1. The summed E-state index contributed by atoms with van der Waals surface area (Å²) in [7, 11) is 4.66. The minimum Gasteiger partial charge on any atom is -0.493 e. The maximum atomic E-state index is 14.1. The Balaban J connectivity index is 0.000000469. The van der Waals surface area contributed by atoms with Crippen molar-refractivity contribution >= 4 is 91.8 Å². The molecule has 8 rings (SSSR count). The Morgan fingerprint density at radius 1 is 0.806 bits per heavy atom. The van der Waals surface area contributed by atoms with E-state index >= 15 is 0 Å². The minimum absolute atomic E-state index is 0.0124. The number of carboxylic acid groups (broad SMARTS) is 1. The Morgan fingerprint density at radius 2 is 1.46 bits per heavy atom. The first-order valence-electron chi connectivity index (χ1n) is 24.1. The number of fused-ring (bicyclic) bond motifs is 4. The van der Waals surface area contributed by atoms with Gasteiger partial charge in [-0.3, -0.25) is 28.7 Å². The molecule has 0 bridgehead atoms. The molecule has 72 heavy (non-hydrogen) atoms. The Kier molecular flexibility index (Phi) is 21.0. The Bertz CT molecular complexity index is 2570. The second-order valence-corrected chi connectivity index (χ2v) is 24.7. The van der Waals surface area contributed by atoms with Gasteiger partial charge in [-0.05, 0) is 103 Å². The van der Waals surface area contributed by atoms with Gasteiger partial charge in [0.1, 0.15) is 15.8 Å². The third kappa shape index (κ3) is 14.9. The van der Waals surface area contributed by atoms with Crippen molar-refractivity contribution in [2.75, 3.05) is 75.3 Å². The van der Waals surface area contributed by atoms with Gasteiger partial charge in [0.15, 0.2) is 11.5 Å². The molecule has 4 aliphatic heterocycles. The summed E-state index contributed by atoms with van der Waals surface area (Å²) < 4.78 is 37.8. The van der Waals surface area contributed by atoms with E-state index in [1.807, 2.05) is 52.4 Å². The normalized spacial score (nSPS) is 17.6. The average molecular weight is 1080 g/mol. The van der Waals surface area contributed by atoms with Crippen LogP contribution in [0.15, 0.2) is 88.1 Å². The molecule has 386 valence electrons. The number of aliphatic imine (C=N–C) groups is 1. The number of carboxylic acids is 1. The van der Waals surface area contributed by atoms with Crippen LogP contribution < -0.4 is 19.1 Å². The number of anilines is 1. The number of rotatable bonds is 24. The molecule has 2 aromatic heterocycles. The molecule has 3 atom stereocenters. The van der Waals surface area contributed by atoms with E-state index in [4.69, 9.17) is 23.8 Å². The van der Waals surface area contributed by atoms with Crippen LogP contribution in [0.3, 0.4) is 0 Å². The number of ether oxygens (including phenoxy) is 3. The Hall–Kier alpha value is -4.76. The monoisotopic (exact) mass is 1080 g/mol. The maximum Gasteiger partial charge on any atom is 0.303 e. The summed E-state index contributed by atoms with van der Waals surface area (Å²) in [6.45, 7) is 3.29. The van der Waals surface area contributed by atoms with Gasteiger partial charge in [0.05, 0.1) is 80.4 Å². The van der Waals surface area contributed by atoms with E-state index in [1.54, 1.807) is 91.7 Å². The highest BCUT2D eigenvalue weighted by molar-refractivity contribution is 8.77. The highest BCUT2D eigenvalue weighted by atomic mass is 33.1. The number of hydrogen-bond donors (Lipinski definition) is 2. The van der Waals surface area contributed by atoms with Crippen molar-refractivity contribution in [1.82, 2.24) is 19.8 Å². The number of aliphatic carboxylic acids is 1. The van der Waals surface area contributed by atoms with Crippen molar-refractivity contribution in [2.24, 2.45) is 4.99 Å². The second kappa shape index (κ2) is 27.5. The van der Waals surface area contributed by atoms with Gasteiger partial charge in [-0.25, -0.2) is 9.97 Å². The Morgan fingerprint density at radius 3 is 2.10 bits per heavy atom. The first kappa shape index (κ1) is 55.0. The number of benzene rings is 2. The van der Waals surface area contributed by atoms with Gasteiger partial charge in [0.2, 0.25) is 13.3 Å². The summed E-state index contributed by atoms with van der Waals surface area (Å²) in [6, 6.07) is 18.0. The summed E-state index contributed by atoms with van der Waals surface area (Å²) >= 11 is 0. The van der Waals surface area contributed by atoms with Gasteiger partial charge in [0, 0.05) is 80.3 Å². The second-order valence-electron chi connectivity index (χ2n) is 17.1. The lowest BCUT2D eigenvalue weighted by Gasteiger charge is -2.27. The lowest BCUT2D eigenvalue weighted by atomic mass is 10.0. The number of amides is 3. The smallest absolute Gasteiger partial charge is 0.303 e. The molecular formula is C50H61N6O11PS4. The predicted octanol–water partition coefficient (Wildman–Crippen LogP) is 9.53. The van der Waals surface area contributed by atoms with Crippen molar-refractivity contribution in [3.63, 3.8) is 0 Å². The van der Waals surface area contributed by atoms with Gasteiger partial charge < -0.3 is 43.6 Å². The largest absolute Gasteiger partial charge is 0.493 e. The van der Waals surface area contributed by atoms with Crippen molar-refractivity contribution in [1.29, 1.82) is 0 Å². The molecule has 1 unspecified atom stereocenters. The summed E-state index contributed by atoms with van der Waals surface area (Å²) in [5, 5.41) is 20.7. The number of carbonyl (C=O) groups is 4. The van der Waals surface area contributed by atoms with Crippen LogP contribution in [-0.2, 0) is 25.3 Å². The van der Waals surface area contributed by atoms with Crippen molar-refractivity contribution in [3.05, 3.63) is 89.7 Å². The number of pyridine rings is 2. The van der Waals surface area contributed by atoms with Crippen LogP contribution in [0.2, 0.25) is 0 Å². The van der Waals surface area contributed by atoms with Crippen molar-refractivity contribution in [2.45, 2.75) is 87.0 Å². The molecule has 2 aromatic carbocycles. The van der Waals surface area contributed by atoms with Crippen LogP contribution in [0.25, 0.3) is 0 Å². The lowest BCUT2D eigenvalue weighted by Crippen LogP contribution is -2.42. The minimum atomic E-state index is -3.29. The summed E-state index contributed by atoms with van der Waals surface area (Å²) in [6.07, 6.45) is 10.8. The summed E-state index contributed by atoms with van der Waals surface area (Å²) in [5.74, 6) is 1.58. The zero-order chi connectivity index (χ0) is 50.9. The highest BCUT2D eigenvalue weighted by Gasteiger charge is 2.39. The number of methoxy groups -OCH3 is 1. The van der Waals surface area contributed by atoms with Crippen LogP contribution in [0.4, 0.5) is 11.4 Å². The van der Waals surface area contributed by atoms with E-state index in [0.717, 1.165) is 47.2 Å². The van der Waals surface area contributed by atoms with Crippen LogP contribution >= 0.6 is 50.5 Å². The predicted molar refractivity (Wildman–Crippen MR) is 285 cm³/mol. The molecule has 2 fully saturated rings. The van der Waals surface area contributed by atoms with Crippen LogP contribution in [-0.4, -0.2) is 142 Å². The topological polar surface area (TPSA) is 211 Å². The summed E-state index contributed by atoms with van der Waals surface area (Å²) in [5.41, 5.74) is 2.15. The van der Waals surface area contributed by atoms with Gasteiger partial charge >= 0.3 is 5.97 Å². The number of nitrogens with zero attached hydrogens (tertiary/aromatic N) is 6. The molecule has 4 aliphatic rings. The molecule has 0 spiro atoms. The molecule has 6 heterocycles. The number of aliphatic hydroxyl groups is 1. The Labute approximate surface area is 436 Å². The summed E-state index contributed by atoms with van der Waals surface area (Å²) in [4.78, 5) is 69.7. The average Bonchev–Trinajstić information content (AvgIpc) is 4.02. The van der Waals surface area contributed by atoms with Gasteiger partial charge in [-0.1, -0.05) is 33.7 Å². The van der Waals surface area contributed by atoms with E-state index in [2.05, 4.69) is 15.0 Å². The van der Waals surface area contributed by atoms with E-state index in [9.17, 15) is 28.8 Å². The van der Waals surface area contributed by atoms with Crippen LogP contribution in [0.1, 0.15) is 84.6 Å². The molecule has 4 aromatic rings. The molecule has 3 amide bonds. The van der Waals surface area contributed by atoms with E-state index in [1.165, 1.54) is 7.11 Å². The highest BCUT2D eigenvalue weighted by Crippen LogP contribution is 2.47. The third-order valence-electron chi connectivity index (χ3n) is 12.2. The van der Waals surface area contributed by atoms with Crippen LogP contribution in [0, 0.1) is 0 Å². The first-order chi connectivity index (χ1) is 35.0. The fourth-order valence-electron chi connectivity index (χ4n) is 8.64. The molecule has 0 saturated carbocycles. The van der Waals surface area contributed by atoms with Crippen LogP contribution in [0.5, 0.6) is 17.2 Å².